The predicted octanol–water partition coefficient (Wildman–Crippen LogP) is 5.08. The first-order valence-corrected chi connectivity index (χ1v) is 13.2. The fourth-order valence-corrected chi connectivity index (χ4v) is 6.48. The quantitative estimate of drug-likeness (QED) is 0.543. The Morgan fingerprint density at radius 2 is 1.69 bits per heavy atom. The number of amides is 1. The van der Waals surface area contributed by atoms with Crippen molar-refractivity contribution in [2.45, 2.75) is 44.4 Å². The van der Waals surface area contributed by atoms with Gasteiger partial charge in [-0.1, -0.05) is 62.4 Å². The SMILES string of the molecule is CC(C)CCS(=O)(=O)c1c(C(=O)N2CCC(Cc3ccccc3)CC2)[nH]c2ccccc12. The van der Waals surface area contributed by atoms with E-state index in [1.54, 1.807) is 6.07 Å². The smallest absolute Gasteiger partial charge is 0.271 e. The molecular weight excluding hydrogens is 420 g/mol. The number of benzene rings is 2. The Hall–Kier alpha value is -2.60. The molecule has 6 heteroatoms. The molecule has 0 aliphatic carbocycles. The largest absolute Gasteiger partial charge is 0.349 e. The zero-order valence-corrected chi connectivity index (χ0v) is 19.7. The van der Waals surface area contributed by atoms with Gasteiger partial charge in [-0.3, -0.25) is 4.79 Å². The third-order valence-electron chi connectivity index (χ3n) is 6.42. The Balaban J connectivity index is 1.55. The molecule has 1 N–H and O–H groups in total. The van der Waals surface area contributed by atoms with E-state index < -0.39 is 9.84 Å². The second-order valence-electron chi connectivity index (χ2n) is 9.30. The second-order valence-corrected chi connectivity index (χ2v) is 11.3. The molecule has 5 nitrogen and oxygen atoms in total. The van der Waals surface area contributed by atoms with Gasteiger partial charge in [-0.15, -0.1) is 0 Å². The van der Waals surface area contributed by atoms with Crippen LogP contribution in [0.1, 0.15) is 49.2 Å². The van der Waals surface area contributed by atoms with Crippen LogP contribution in [0, 0.1) is 11.8 Å². The number of sulfone groups is 1. The van der Waals surface area contributed by atoms with Gasteiger partial charge in [0.05, 0.1) is 5.75 Å². The van der Waals surface area contributed by atoms with Gasteiger partial charge in [0.15, 0.2) is 9.84 Å². The minimum Gasteiger partial charge on any atom is -0.349 e. The number of nitrogens with zero attached hydrogens (tertiary/aromatic N) is 1. The number of likely N-dealkylation sites (tertiary alicyclic amines) is 1. The predicted molar refractivity (Wildman–Crippen MR) is 129 cm³/mol. The molecule has 0 spiro atoms. The van der Waals surface area contributed by atoms with Crippen LogP contribution in [-0.2, 0) is 16.3 Å². The van der Waals surface area contributed by atoms with Crippen molar-refractivity contribution in [3.05, 3.63) is 65.9 Å². The molecule has 170 valence electrons. The summed E-state index contributed by atoms with van der Waals surface area (Å²) in [5.41, 5.74) is 2.24. The van der Waals surface area contributed by atoms with Gasteiger partial charge >= 0.3 is 0 Å². The lowest BCUT2D eigenvalue weighted by molar-refractivity contribution is 0.0681. The van der Waals surface area contributed by atoms with Gasteiger partial charge in [-0.25, -0.2) is 8.42 Å². The van der Waals surface area contributed by atoms with Gasteiger partial charge in [0.1, 0.15) is 10.6 Å². The fraction of sp³-hybridized carbons (Fsp3) is 0.423. The molecule has 0 saturated carbocycles. The third kappa shape index (κ3) is 4.90. The minimum atomic E-state index is -3.58. The summed E-state index contributed by atoms with van der Waals surface area (Å²) in [5, 5.41) is 0.610. The molecule has 32 heavy (non-hydrogen) atoms. The summed E-state index contributed by atoms with van der Waals surface area (Å²) in [4.78, 5) is 18.6. The molecule has 1 aliphatic heterocycles. The number of piperidine rings is 1. The summed E-state index contributed by atoms with van der Waals surface area (Å²) in [6.45, 7) is 5.32. The normalized spacial score (nSPS) is 15.5. The Morgan fingerprint density at radius 1 is 1.03 bits per heavy atom. The molecule has 0 radical (unpaired) electrons. The van der Waals surface area contributed by atoms with Crippen molar-refractivity contribution in [3.63, 3.8) is 0 Å². The summed E-state index contributed by atoms with van der Waals surface area (Å²) in [5.74, 6) is 0.657. The summed E-state index contributed by atoms with van der Waals surface area (Å²) in [7, 11) is -3.58. The standard InChI is InChI=1S/C26H32N2O3S/c1-19(2)14-17-32(30,31)25-22-10-6-7-11-23(22)27-24(25)26(29)28-15-12-21(13-16-28)18-20-8-4-3-5-9-20/h3-11,19,21,27H,12-18H2,1-2H3. The molecule has 1 aliphatic rings. The van der Waals surface area contributed by atoms with Gasteiger partial charge in [0, 0.05) is 24.0 Å². The number of hydrogen-bond acceptors (Lipinski definition) is 3. The molecule has 4 rings (SSSR count). The third-order valence-corrected chi connectivity index (χ3v) is 8.24. The van der Waals surface area contributed by atoms with E-state index in [4.69, 9.17) is 0 Å². The molecule has 2 heterocycles. The van der Waals surface area contributed by atoms with Crippen molar-refractivity contribution in [1.29, 1.82) is 0 Å². The molecule has 0 unspecified atom stereocenters. The van der Waals surface area contributed by atoms with Gasteiger partial charge in [-0.2, -0.15) is 0 Å². The molecule has 1 amide bonds. The van der Waals surface area contributed by atoms with E-state index in [9.17, 15) is 13.2 Å². The van der Waals surface area contributed by atoms with Crippen LogP contribution in [-0.4, -0.2) is 43.1 Å². The van der Waals surface area contributed by atoms with Gasteiger partial charge in [0.25, 0.3) is 5.91 Å². The number of carbonyl (C=O) groups excluding carboxylic acids is 1. The Kier molecular flexibility index (Phi) is 6.70. The zero-order chi connectivity index (χ0) is 22.7. The monoisotopic (exact) mass is 452 g/mol. The zero-order valence-electron chi connectivity index (χ0n) is 18.9. The average Bonchev–Trinajstić information content (AvgIpc) is 3.19. The van der Waals surface area contributed by atoms with Crippen LogP contribution in [0.4, 0.5) is 0 Å². The van der Waals surface area contributed by atoms with Crippen molar-refractivity contribution in [2.75, 3.05) is 18.8 Å². The van der Waals surface area contributed by atoms with E-state index in [1.165, 1.54) is 5.56 Å². The Morgan fingerprint density at radius 3 is 2.38 bits per heavy atom. The number of carbonyl (C=O) groups is 1. The van der Waals surface area contributed by atoms with Crippen LogP contribution in [0.5, 0.6) is 0 Å². The average molecular weight is 453 g/mol. The number of H-pyrrole nitrogens is 1. The van der Waals surface area contributed by atoms with E-state index in [1.807, 2.05) is 43.0 Å². The molecule has 0 bridgehead atoms. The fourth-order valence-electron chi connectivity index (χ4n) is 4.53. The number of fused-ring (bicyclic) bond motifs is 1. The molecular formula is C26H32N2O3S. The summed E-state index contributed by atoms with van der Waals surface area (Å²) in [6.07, 6.45) is 3.44. The minimum absolute atomic E-state index is 0.0476. The van der Waals surface area contributed by atoms with E-state index in [0.29, 0.717) is 36.3 Å². The number of rotatable bonds is 7. The molecule has 1 fully saturated rings. The van der Waals surface area contributed by atoms with Gasteiger partial charge in [0.2, 0.25) is 0 Å². The first-order valence-electron chi connectivity index (χ1n) is 11.5. The lowest BCUT2D eigenvalue weighted by atomic mass is 9.90. The first kappa shape index (κ1) is 22.6. The molecule has 2 aromatic carbocycles. The number of nitrogens with one attached hydrogen (secondary N) is 1. The lowest BCUT2D eigenvalue weighted by Crippen LogP contribution is -2.39. The highest BCUT2D eigenvalue weighted by Gasteiger charge is 2.32. The van der Waals surface area contributed by atoms with Crippen LogP contribution in [0.3, 0.4) is 0 Å². The Labute approximate surface area is 190 Å². The maximum Gasteiger partial charge on any atom is 0.271 e. The van der Waals surface area contributed by atoms with Crippen molar-refractivity contribution in [3.8, 4) is 0 Å². The van der Waals surface area contributed by atoms with E-state index >= 15 is 0 Å². The van der Waals surface area contributed by atoms with Crippen LogP contribution >= 0.6 is 0 Å². The van der Waals surface area contributed by atoms with Crippen LogP contribution < -0.4 is 0 Å². The molecule has 3 aromatic rings. The van der Waals surface area contributed by atoms with Crippen LogP contribution in [0.15, 0.2) is 59.5 Å². The molecule has 1 aromatic heterocycles. The summed E-state index contributed by atoms with van der Waals surface area (Å²) in [6, 6.07) is 17.7. The lowest BCUT2D eigenvalue weighted by Gasteiger charge is -2.32. The van der Waals surface area contributed by atoms with Crippen LogP contribution in [0.25, 0.3) is 10.9 Å². The maximum absolute atomic E-state index is 13.5. The van der Waals surface area contributed by atoms with Crippen molar-refractivity contribution >= 4 is 26.6 Å². The van der Waals surface area contributed by atoms with Gasteiger partial charge in [-0.05, 0) is 49.1 Å². The van der Waals surface area contributed by atoms with Crippen molar-refractivity contribution in [2.24, 2.45) is 11.8 Å². The number of aromatic amines is 1. The van der Waals surface area contributed by atoms with E-state index in [-0.39, 0.29) is 28.2 Å². The number of para-hydroxylation sites is 1. The highest BCUT2D eigenvalue weighted by molar-refractivity contribution is 7.91. The summed E-state index contributed by atoms with van der Waals surface area (Å²) < 4.78 is 26.6. The molecule has 1 saturated heterocycles. The van der Waals surface area contributed by atoms with Gasteiger partial charge < -0.3 is 9.88 Å². The van der Waals surface area contributed by atoms with Crippen LogP contribution in [0.2, 0.25) is 0 Å². The van der Waals surface area contributed by atoms with E-state index in [0.717, 1.165) is 19.3 Å². The Bertz CT molecular complexity index is 1170. The number of aromatic nitrogens is 1. The highest BCUT2D eigenvalue weighted by atomic mass is 32.2. The van der Waals surface area contributed by atoms with E-state index in [2.05, 4.69) is 29.2 Å². The molecule has 0 atom stereocenters. The van der Waals surface area contributed by atoms with Crippen molar-refractivity contribution < 1.29 is 13.2 Å². The highest BCUT2D eigenvalue weighted by Crippen LogP contribution is 2.31. The topological polar surface area (TPSA) is 70.2 Å². The first-order chi connectivity index (χ1) is 15.3. The van der Waals surface area contributed by atoms with Crippen molar-refractivity contribution in [1.82, 2.24) is 9.88 Å². The second kappa shape index (κ2) is 9.49. The summed E-state index contributed by atoms with van der Waals surface area (Å²) >= 11 is 0. The number of hydrogen-bond donors (Lipinski definition) is 1. The maximum atomic E-state index is 13.5.